The Bertz CT molecular complexity index is 1170. The van der Waals surface area contributed by atoms with Gasteiger partial charge >= 0.3 is 6.18 Å². The van der Waals surface area contributed by atoms with Crippen LogP contribution in [0.3, 0.4) is 0 Å². The van der Waals surface area contributed by atoms with Gasteiger partial charge in [0, 0.05) is 33.2 Å². The molecule has 1 amide bonds. The number of halogens is 3. The van der Waals surface area contributed by atoms with Crippen molar-refractivity contribution < 1.29 is 18.0 Å². The number of fused-ring (bicyclic) bond motifs is 2. The van der Waals surface area contributed by atoms with Crippen molar-refractivity contribution in [1.82, 2.24) is 10.3 Å². The molecule has 0 saturated carbocycles. The quantitative estimate of drug-likeness (QED) is 0.442. The summed E-state index contributed by atoms with van der Waals surface area (Å²) in [5.41, 5.74) is 4.00. The van der Waals surface area contributed by atoms with Crippen molar-refractivity contribution in [2.24, 2.45) is 4.99 Å². The summed E-state index contributed by atoms with van der Waals surface area (Å²) in [6, 6.07) is 18.5. The summed E-state index contributed by atoms with van der Waals surface area (Å²) in [7, 11) is 0. The lowest BCUT2D eigenvalue weighted by molar-refractivity contribution is -0.132. The van der Waals surface area contributed by atoms with Gasteiger partial charge in [-0.15, -0.1) is 0 Å². The number of alkyl halides is 3. The molecule has 1 N–H and O–H groups in total. The molecule has 1 aromatic heterocycles. The van der Waals surface area contributed by atoms with Crippen LogP contribution in [0, 0.1) is 6.92 Å². The first-order valence-corrected chi connectivity index (χ1v) is 10.4. The van der Waals surface area contributed by atoms with E-state index in [1.165, 1.54) is 11.8 Å². The summed E-state index contributed by atoms with van der Waals surface area (Å²) in [6.45, 7) is 1.43. The topological polar surface area (TPSA) is 54.4 Å². The van der Waals surface area contributed by atoms with E-state index < -0.39 is 25.0 Å². The molecule has 0 atom stereocenters. The highest BCUT2D eigenvalue weighted by Gasteiger charge is 2.27. The molecule has 4 nitrogen and oxygen atoms in total. The number of rotatable bonds is 4. The van der Waals surface area contributed by atoms with Crippen LogP contribution in [0.4, 0.5) is 18.9 Å². The maximum Gasteiger partial charge on any atom is 0.390 e. The Kier molecular flexibility index (Phi) is 5.82. The van der Waals surface area contributed by atoms with Crippen LogP contribution in [-0.4, -0.2) is 29.3 Å². The maximum atomic E-state index is 12.4. The predicted molar refractivity (Wildman–Crippen MR) is 114 cm³/mol. The third kappa shape index (κ3) is 4.96. The summed E-state index contributed by atoms with van der Waals surface area (Å²) in [5.74, 6) is -0.566. The number of pyridine rings is 1. The summed E-state index contributed by atoms with van der Waals surface area (Å²) in [4.78, 5) is 23.7. The molecule has 4 rings (SSSR count). The predicted octanol–water partition coefficient (Wildman–Crippen LogP) is 5.71. The van der Waals surface area contributed by atoms with Crippen molar-refractivity contribution in [3.63, 3.8) is 0 Å². The lowest BCUT2D eigenvalue weighted by Gasteiger charge is -2.09. The third-order valence-corrected chi connectivity index (χ3v) is 5.78. The lowest BCUT2D eigenvalue weighted by atomic mass is 10.1. The van der Waals surface area contributed by atoms with E-state index in [1.807, 2.05) is 49.4 Å². The molecular weight excluding hydrogens is 423 g/mol. The van der Waals surface area contributed by atoms with Gasteiger partial charge in [0.1, 0.15) is 0 Å². The fourth-order valence-electron chi connectivity index (χ4n) is 3.17. The van der Waals surface area contributed by atoms with E-state index in [9.17, 15) is 18.0 Å². The SMILES string of the molecule is Cc1cccc(C2=Nc3cc(C(=O)NCCC(F)(F)F)ccc3Sc3ccccc32)n1. The van der Waals surface area contributed by atoms with Gasteiger partial charge in [-0.05, 0) is 43.3 Å². The van der Waals surface area contributed by atoms with Gasteiger partial charge < -0.3 is 5.32 Å². The highest BCUT2D eigenvalue weighted by Crippen LogP contribution is 2.41. The lowest BCUT2D eigenvalue weighted by Crippen LogP contribution is -2.27. The van der Waals surface area contributed by atoms with Gasteiger partial charge in [0.2, 0.25) is 0 Å². The van der Waals surface area contributed by atoms with Crippen LogP contribution >= 0.6 is 11.8 Å². The first-order chi connectivity index (χ1) is 14.8. The zero-order valence-electron chi connectivity index (χ0n) is 16.5. The molecule has 0 unspecified atom stereocenters. The Morgan fingerprint density at radius 1 is 1.03 bits per heavy atom. The molecule has 0 aliphatic carbocycles. The number of nitrogens with one attached hydrogen (secondary N) is 1. The molecule has 31 heavy (non-hydrogen) atoms. The zero-order valence-corrected chi connectivity index (χ0v) is 17.3. The molecule has 2 aromatic carbocycles. The molecule has 158 valence electrons. The molecule has 2 heterocycles. The van der Waals surface area contributed by atoms with Crippen molar-refractivity contribution in [2.75, 3.05) is 6.54 Å². The van der Waals surface area contributed by atoms with Gasteiger partial charge in [-0.25, -0.2) is 4.99 Å². The minimum absolute atomic E-state index is 0.257. The van der Waals surface area contributed by atoms with E-state index in [4.69, 9.17) is 4.99 Å². The van der Waals surface area contributed by atoms with E-state index in [-0.39, 0.29) is 5.56 Å². The van der Waals surface area contributed by atoms with Gasteiger partial charge in [0.25, 0.3) is 5.91 Å². The standard InChI is InChI=1S/C23H18F3N3OS/c1-14-5-4-7-17(28-14)21-16-6-2-3-8-19(16)31-20-10-9-15(13-18(20)29-21)22(30)27-12-11-23(24,25)26/h2-10,13H,11-12H2,1H3,(H,27,30). The first-order valence-electron chi connectivity index (χ1n) is 9.59. The maximum absolute atomic E-state index is 12.4. The van der Waals surface area contributed by atoms with Crippen LogP contribution in [0.2, 0.25) is 0 Å². The number of carbonyl (C=O) groups excluding carboxylic acids is 1. The monoisotopic (exact) mass is 441 g/mol. The first kappa shape index (κ1) is 21.1. The van der Waals surface area contributed by atoms with Gasteiger partial charge in [-0.3, -0.25) is 9.78 Å². The van der Waals surface area contributed by atoms with Gasteiger partial charge in [-0.1, -0.05) is 36.0 Å². The number of nitrogens with zero attached hydrogens (tertiary/aromatic N) is 2. The fourth-order valence-corrected chi connectivity index (χ4v) is 4.18. The molecule has 0 spiro atoms. The van der Waals surface area contributed by atoms with Crippen LogP contribution in [0.25, 0.3) is 0 Å². The van der Waals surface area contributed by atoms with Crippen molar-refractivity contribution >= 4 is 29.1 Å². The molecular formula is C23H18F3N3OS. The van der Waals surface area contributed by atoms with Crippen LogP contribution in [0.5, 0.6) is 0 Å². The Balaban J connectivity index is 1.72. The van der Waals surface area contributed by atoms with Crippen LogP contribution in [0.1, 0.15) is 33.7 Å². The highest BCUT2D eigenvalue weighted by atomic mass is 32.2. The third-order valence-electron chi connectivity index (χ3n) is 4.64. The second-order valence-corrected chi connectivity index (χ2v) is 8.11. The average Bonchev–Trinajstić information content (AvgIpc) is 2.89. The molecule has 1 aliphatic rings. The van der Waals surface area contributed by atoms with Gasteiger partial charge in [-0.2, -0.15) is 13.2 Å². The van der Waals surface area contributed by atoms with E-state index in [1.54, 1.807) is 18.2 Å². The summed E-state index contributed by atoms with van der Waals surface area (Å²) in [5, 5.41) is 2.32. The molecule has 0 fully saturated rings. The number of benzene rings is 2. The molecule has 1 aliphatic heterocycles. The molecule has 0 saturated heterocycles. The number of amides is 1. The average molecular weight is 441 g/mol. The second kappa shape index (κ2) is 8.55. The smallest absolute Gasteiger partial charge is 0.352 e. The normalized spacial score (nSPS) is 13.0. The summed E-state index contributed by atoms with van der Waals surface area (Å²) < 4.78 is 37.1. The molecule has 3 aromatic rings. The van der Waals surface area contributed by atoms with E-state index in [0.29, 0.717) is 17.1 Å². The van der Waals surface area contributed by atoms with Crippen LogP contribution < -0.4 is 5.32 Å². The number of aromatic nitrogens is 1. The van der Waals surface area contributed by atoms with Crippen LogP contribution in [0.15, 0.2) is 75.4 Å². The van der Waals surface area contributed by atoms with E-state index in [2.05, 4.69) is 10.3 Å². The number of carbonyl (C=O) groups is 1. The van der Waals surface area contributed by atoms with Crippen molar-refractivity contribution in [3.05, 3.63) is 83.2 Å². The van der Waals surface area contributed by atoms with E-state index in [0.717, 1.165) is 21.0 Å². The number of aryl methyl sites for hydroxylation is 1. The minimum atomic E-state index is -4.32. The second-order valence-electron chi connectivity index (χ2n) is 7.03. The Morgan fingerprint density at radius 2 is 1.84 bits per heavy atom. The Hall–Kier alpha value is -3.13. The van der Waals surface area contributed by atoms with Gasteiger partial charge in [0.15, 0.2) is 0 Å². The Morgan fingerprint density at radius 3 is 2.61 bits per heavy atom. The minimum Gasteiger partial charge on any atom is -0.352 e. The highest BCUT2D eigenvalue weighted by molar-refractivity contribution is 7.99. The summed E-state index contributed by atoms with van der Waals surface area (Å²) >= 11 is 1.52. The van der Waals surface area contributed by atoms with Crippen molar-refractivity contribution in [1.29, 1.82) is 0 Å². The number of aliphatic imine (C=N–C) groups is 1. The number of hydrogen-bond acceptors (Lipinski definition) is 4. The number of hydrogen-bond donors (Lipinski definition) is 1. The fraction of sp³-hybridized carbons (Fsp3) is 0.174. The summed E-state index contributed by atoms with van der Waals surface area (Å²) in [6.07, 6.45) is -5.39. The zero-order chi connectivity index (χ0) is 22.0. The van der Waals surface area contributed by atoms with Gasteiger partial charge in [0.05, 0.1) is 23.5 Å². The molecule has 0 radical (unpaired) electrons. The molecule has 0 bridgehead atoms. The molecule has 8 heteroatoms. The van der Waals surface area contributed by atoms with Crippen molar-refractivity contribution in [2.45, 2.75) is 29.3 Å². The van der Waals surface area contributed by atoms with Crippen LogP contribution in [-0.2, 0) is 0 Å². The largest absolute Gasteiger partial charge is 0.390 e. The van der Waals surface area contributed by atoms with Crippen molar-refractivity contribution in [3.8, 4) is 0 Å². The van der Waals surface area contributed by atoms with E-state index >= 15 is 0 Å². The Labute approximate surface area is 181 Å².